The van der Waals surface area contributed by atoms with Crippen LogP contribution >= 0.6 is 0 Å². The van der Waals surface area contributed by atoms with Gasteiger partial charge in [0.2, 0.25) is 0 Å². The summed E-state index contributed by atoms with van der Waals surface area (Å²) in [7, 11) is 4.03. The lowest BCUT2D eigenvalue weighted by molar-refractivity contribution is 0.317. The topological polar surface area (TPSA) is 73.9 Å². The molecule has 0 aliphatic heterocycles. The Morgan fingerprint density at radius 2 is 2.18 bits per heavy atom. The van der Waals surface area contributed by atoms with Crippen LogP contribution in [0.3, 0.4) is 0 Å². The summed E-state index contributed by atoms with van der Waals surface area (Å²) >= 11 is 0. The maximum Gasteiger partial charge on any atom is 0.140 e. The van der Waals surface area contributed by atoms with Crippen LogP contribution in [0.25, 0.3) is 0 Å². The number of anilines is 2. The van der Waals surface area contributed by atoms with Crippen molar-refractivity contribution < 1.29 is 5.21 Å². The maximum atomic E-state index is 8.41. The van der Waals surface area contributed by atoms with Crippen molar-refractivity contribution in [3.8, 4) is 0 Å². The van der Waals surface area contributed by atoms with E-state index in [0.717, 1.165) is 5.69 Å². The van der Waals surface area contributed by atoms with Crippen LogP contribution in [0.15, 0.2) is 23.4 Å². The van der Waals surface area contributed by atoms with Crippen LogP contribution in [-0.4, -0.2) is 31.7 Å². The summed E-state index contributed by atoms with van der Waals surface area (Å²) in [5.74, 6) is 0.234. The number of benzene rings is 1. The Bertz CT molecular complexity index is 401. The molecule has 1 rings (SSSR count). The lowest BCUT2D eigenvalue weighted by atomic mass is 10.1. The van der Waals surface area contributed by atoms with Crippen LogP contribution in [0.1, 0.15) is 12.0 Å². The molecule has 0 heterocycles. The average Bonchev–Trinajstić information content (AvgIpc) is 2.30. The predicted octanol–water partition coefficient (Wildman–Crippen LogP) is 1.61. The minimum atomic E-state index is 0.234. The number of nitrogens with one attached hydrogen (secondary N) is 1. The fourth-order valence-corrected chi connectivity index (χ4v) is 1.59. The Morgan fingerprint density at radius 1 is 1.47 bits per heavy atom. The lowest BCUT2D eigenvalue weighted by Gasteiger charge is -2.17. The van der Waals surface area contributed by atoms with Gasteiger partial charge in [-0.15, -0.1) is 0 Å². The van der Waals surface area contributed by atoms with E-state index in [1.54, 1.807) is 0 Å². The van der Waals surface area contributed by atoms with Gasteiger partial charge in [-0.2, -0.15) is 0 Å². The first-order valence-corrected chi connectivity index (χ1v) is 5.53. The molecule has 1 aromatic rings. The van der Waals surface area contributed by atoms with E-state index in [4.69, 9.17) is 10.9 Å². The van der Waals surface area contributed by atoms with E-state index in [9.17, 15) is 0 Å². The second kappa shape index (κ2) is 5.98. The molecular formula is C12H20N4O. The second-order valence-electron chi connectivity index (χ2n) is 4.16. The number of nitrogens with zero attached hydrogens (tertiary/aromatic N) is 2. The van der Waals surface area contributed by atoms with Crippen LogP contribution in [0.2, 0.25) is 0 Å². The molecule has 0 bridgehead atoms. The number of aryl methyl sites for hydroxylation is 1. The molecular weight excluding hydrogens is 216 g/mol. The van der Waals surface area contributed by atoms with Crippen LogP contribution in [0.5, 0.6) is 0 Å². The normalized spacial score (nSPS) is 11.4. The monoisotopic (exact) mass is 236 g/mol. The van der Waals surface area contributed by atoms with Gasteiger partial charge in [0.15, 0.2) is 0 Å². The molecule has 0 aliphatic carbocycles. The largest absolute Gasteiger partial charge is 0.409 e. The standard InChI is InChI=1S/C12H20N4O/c1-9-4-5-10(8-11(9)16(2)3)14-7-6-12(13)15-17/h4-5,8,14,17H,6-7H2,1-3H3,(H2,13,15). The Balaban J connectivity index is 2.63. The first kappa shape index (κ1) is 13.2. The van der Waals surface area contributed by atoms with Crippen molar-refractivity contribution in [3.63, 3.8) is 0 Å². The number of oxime groups is 1. The van der Waals surface area contributed by atoms with Gasteiger partial charge in [0.1, 0.15) is 5.84 Å². The Morgan fingerprint density at radius 3 is 2.76 bits per heavy atom. The quantitative estimate of drug-likeness (QED) is 0.314. The van der Waals surface area contributed by atoms with E-state index in [0.29, 0.717) is 13.0 Å². The first-order valence-electron chi connectivity index (χ1n) is 5.53. The van der Waals surface area contributed by atoms with Crippen LogP contribution in [0.4, 0.5) is 11.4 Å². The Hall–Kier alpha value is -1.91. The molecule has 0 radical (unpaired) electrons. The molecule has 4 N–H and O–H groups in total. The van der Waals surface area contributed by atoms with E-state index in [1.807, 2.05) is 20.2 Å². The molecule has 0 atom stereocenters. The van der Waals surface area contributed by atoms with Crippen molar-refractivity contribution in [1.29, 1.82) is 0 Å². The molecule has 94 valence electrons. The van der Waals surface area contributed by atoms with E-state index < -0.39 is 0 Å². The van der Waals surface area contributed by atoms with Crippen molar-refractivity contribution in [2.24, 2.45) is 10.9 Å². The highest BCUT2D eigenvalue weighted by Gasteiger charge is 2.02. The summed E-state index contributed by atoms with van der Waals surface area (Å²) in [6, 6.07) is 6.18. The number of amidine groups is 1. The third kappa shape index (κ3) is 3.86. The van der Waals surface area contributed by atoms with Crippen LogP contribution < -0.4 is 16.0 Å². The fourth-order valence-electron chi connectivity index (χ4n) is 1.59. The second-order valence-corrected chi connectivity index (χ2v) is 4.16. The maximum absolute atomic E-state index is 8.41. The van der Waals surface area contributed by atoms with Gasteiger partial charge in [0.25, 0.3) is 0 Å². The summed E-state index contributed by atoms with van der Waals surface area (Å²) in [4.78, 5) is 2.07. The number of hydrogen-bond donors (Lipinski definition) is 3. The summed E-state index contributed by atoms with van der Waals surface area (Å²) < 4.78 is 0. The zero-order valence-electron chi connectivity index (χ0n) is 10.6. The van der Waals surface area contributed by atoms with Crippen LogP contribution in [0, 0.1) is 6.92 Å². The lowest BCUT2D eigenvalue weighted by Crippen LogP contribution is -2.17. The fraction of sp³-hybridized carbons (Fsp3) is 0.417. The molecule has 1 aromatic carbocycles. The third-order valence-corrected chi connectivity index (χ3v) is 2.53. The number of rotatable bonds is 5. The van der Waals surface area contributed by atoms with Gasteiger partial charge in [-0.25, -0.2) is 0 Å². The zero-order valence-corrected chi connectivity index (χ0v) is 10.6. The average molecular weight is 236 g/mol. The third-order valence-electron chi connectivity index (χ3n) is 2.53. The van der Waals surface area contributed by atoms with Gasteiger partial charge in [-0.3, -0.25) is 0 Å². The van der Waals surface area contributed by atoms with Gasteiger partial charge >= 0.3 is 0 Å². The highest BCUT2D eigenvalue weighted by Crippen LogP contribution is 2.22. The number of nitrogens with two attached hydrogens (primary N) is 1. The van der Waals surface area contributed by atoms with Crippen molar-refractivity contribution >= 4 is 17.2 Å². The van der Waals surface area contributed by atoms with E-state index in [-0.39, 0.29) is 5.84 Å². The minimum absolute atomic E-state index is 0.234. The molecule has 0 aromatic heterocycles. The van der Waals surface area contributed by atoms with Crippen molar-refractivity contribution in [3.05, 3.63) is 23.8 Å². The molecule has 0 spiro atoms. The van der Waals surface area contributed by atoms with Gasteiger partial charge in [0.05, 0.1) is 0 Å². The van der Waals surface area contributed by atoms with Gasteiger partial charge in [-0.1, -0.05) is 11.2 Å². The molecule has 0 saturated heterocycles. The van der Waals surface area contributed by atoms with Gasteiger partial charge in [-0.05, 0) is 24.6 Å². The van der Waals surface area contributed by atoms with Gasteiger partial charge in [0, 0.05) is 38.4 Å². The summed E-state index contributed by atoms with van der Waals surface area (Å²) in [5, 5.41) is 14.6. The van der Waals surface area contributed by atoms with E-state index >= 15 is 0 Å². The van der Waals surface area contributed by atoms with E-state index in [2.05, 4.69) is 34.4 Å². The van der Waals surface area contributed by atoms with Crippen molar-refractivity contribution in [2.75, 3.05) is 30.9 Å². The van der Waals surface area contributed by atoms with Crippen LogP contribution in [-0.2, 0) is 0 Å². The molecule has 5 heteroatoms. The molecule has 17 heavy (non-hydrogen) atoms. The predicted molar refractivity (Wildman–Crippen MR) is 72.0 cm³/mol. The molecule has 0 fully saturated rings. The molecule has 0 saturated carbocycles. The van der Waals surface area contributed by atoms with Gasteiger partial charge < -0.3 is 21.2 Å². The smallest absolute Gasteiger partial charge is 0.140 e. The first-order chi connectivity index (χ1) is 8.04. The molecule has 0 amide bonds. The number of hydrogen-bond acceptors (Lipinski definition) is 4. The highest BCUT2D eigenvalue weighted by atomic mass is 16.4. The minimum Gasteiger partial charge on any atom is -0.409 e. The van der Waals surface area contributed by atoms with Crippen molar-refractivity contribution in [2.45, 2.75) is 13.3 Å². The molecule has 0 unspecified atom stereocenters. The Kier molecular flexibility index (Phi) is 4.63. The summed E-state index contributed by atoms with van der Waals surface area (Å²) in [5.41, 5.74) is 8.84. The Labute approximate surface area is 102 Å². The van der Waals surface area contributed by atoms with Crippen molar-refractivity contribution in [1.82, 2.24) is 0 Å². The summed E-state index contributed by atoms with van der Waals surface area (Å²) in [6.45, 7) is 2.72. The SMILES string of the molecule is Cc1ccc(NCC/C(N)=N/O)cc1N(C)C. The summed E-state index contributed by atoms with van der Waals surface area (Å²) in [6.07, 6.45) is 0.516. The highest BCUT2D eigenvalue weighted by molar-refractivity contribution is 5.80. The molecule has 5 nitrogen and oxygen atoms in total. The zero-order chi connectivity index (χ0) is 12.8. The molecule has 0 aliphatic rings. The van der Waals surface area contributed by atoms with E-state index in [1.165, 1.54) is 11.3 Å².